The highest BCUT2D eigenvalue weighted by atomic mass is 32.2. The minimum absolute atomic E-state index is 0.0344. The van der Waals surface area contributed by atoms with E-state index in [1.807, 2.05) is 0 Å². The van der Waals surface area contributed by atoms with Crippen LogP contribution >= 0.6 is 12.2 Å². The van der Waals surface area contributed by atoms with E-state index in [-0.39, 0.29) is 21.5 Å². The Morgan fingerprint density at radius 1 is 1.21 bits per heavy atom. The Labute approximate surface area is 145 Å². The van der Waals surface area contributed by atoms with Crippen molar-refractivity contribution in [3.05, 3.63) is 54.1 Å². The van der Waals surface area contributed by atoms with E-state index in [2.05, 4.69) is 22.7 Å². The van der Waals surface area contributed by atoms with Crippen molar-refractivity contribution in [3.8, 4) is 11.5 Å². The second kappa shape index (κ2) is 7.75. The molecule has 2 rings (SSSR count). The zero-order valence-electron chi connectivity index (χ0n) is 12.7. The maximum absolute atomic E-state index is 12.3. The van der Waals surface area contributed by atoms with Gasteiger partial charge in [0.05, 0.1) is 13.3 Å². The van der Waals surface area contributed by atoms with E-state index < -0.39 is 10.1 Å². The van der Waals surface area contributed by atoms with Gasteiger partial charge in [-0.25, -0.2) is 0 Å². The highest BCUT2D eigenvalue weighted by Gasteiger charge is 2.18. The fraction of sp³-hybridized carbons (Fsp3) is 0.0667. The quantitative estimate of drug-likeness (QED) is 0.347. The van der Waals surface area contributed by atoms with Gasteiger partial charge in [0.25, 0.3) is 0 Å². The van der Waals surface area contributed by atoms with E-state index >= 15 is 0 Å². The highest BCUT2D eigenvalue weighted by molar-refractivity contribution is 7.87. The zero-order valence-corrected chi connectivity index (χ0v) is 14.3. The maximum Gasteiger partial charge on any atom is 0.339 e. The summed E-state index contributed by atoms with van der Waals surface area (Å²) < 4.78 is 34.8. The zero-order chi connectivity index (χ0) is 17.6. The van der Waals surface area contributed by atoms with Gasteiger partial charge < -0.3 is 14.7 Å². The normalized spacial score (nSPS) is 11.2. The SMILES string of the molecule is COc1cc(/C=N\NC(N)=S)ccc1OS(=O)(=O)c1ccccc1. The number of rotatable bonds is 6. The number of nitrogens with one attached hydrogen (secondary N) is 1. The van der Waals surface area contributed by atoms with Crippen LogP contribution in [0.4, 0.5) is 0 Å². The van der Waals surface area contributed by atoms with Crippen LogP contribution < -0.4 is 20.1 Å². The summed E-state index contributed by atoms with van der Waals surface area (Å²) in [6.45, 7) is 0. The van der Waals surface area contributed by atoms with Crippen molar-refractivity contribution in [2.45, 2.75) is 4.90 Å². The first kappa shape index (κ1) is 17.7. The van der Waals surface area contributed by atoms with Gasteiger partial charge in [-0.05, 0) is 48.1 Å². The number of hydrazone groups is 1. The lowest BCUT2D eigenvalue weighted by Crippen LogP contribution is -2.23. The van der Waals surface area contributed by atoms with Gasteiger partial charge in [0, 0.05) is 0 Å². The summed E-state index contributed by atoms with van der Waals surface area (Å²) in [5.41, 5.74) is 8.31. The van der Waals surface area contributed by atoms with Gasteiger partial charge >= 0.3 is 10.1 Å². The first-order chi connectivity index (χ1) is 11.4. The summed E-state index contributed by atoms with van der Waals surface area (Å²) in [5.74, 6) is 0.314. The number of hydrogen-bond donors (Lipinski definition) is 2. The minimum atomic E-state index is -3.95. The average Bonchev–Trinajstić information content (AvgIpc) is 2.56. The summed E-state index contributed by atoms with van der Waals surface area (Å²) in [4.78, 5) is 0.0540. The molecule has 0 fully saturated rings. The van der Waals surface area contributed by atoms with E-state index in [1.54, 1.807) is 30.3 Å². The molecule has 3 N–H and O–H groups in total. The smallest absolute Gasteiger partial charge is 0.339 e. The molecule has 0 amide bonds. The van der Waals surface area contributed by atoms with Crippen molar-refractivity contribution < 1.29 is 17.3 Å². The number of thiocarbonyl (C=S) groups is 1. The lowest BCUT2D eigenvalue weighted by Gasteiger charge is -2.11. The number of ether oxygens (including phenoxy) is 1. The Hall–Kier alpha value is -2.65. The summed E-state index contributed by atoms with van der Waals surface area (Å²) >= 11 is 4.63. The van der Waals surface area contributed by atoms with Gasteiger partial charge in [-0.1, -0.05) is 18.2 Å². The Kier molecular flexibility index (Phi) is 5.72. The molecular weight excluding hydrogens is 350 g/mol. The topological polar surface area (TPSA) is 103 Å². The fourth-order valence-corrected chi connectivity index (χ4v) is 2.77. The van der Waals surface area contributed by atoms with Crippen LogP contribution in [0.2, 0.25) is 0 Å². The first-order valence-electron chi connectivity index (χ1n) is 6.68. The molecule has 2 aromatic carbocycles. The molecule has 0 radical (unpaired) electrons. The van der Waals surface area contributed by atoms with Gasteiger partial charge in [-0.2, -0.15) is 13.5 Å². The van der Waals surface area contributed by atoms with E-state index in [0.717, 1.165) is 0 Å². The van der Waals surface area contributed by atoms with Crippen LogP contribution in [-0.2, 0) is 10.1 Å². The predicted molar refractivity (Wildman–Crippen MR) is 94.8 cm³/mol. The molecule has 24 heavy (non-hydrogen) atoms. The molecule has 0 aliphatic heterocycles. The second-order valence-electron chi connectivity index (χ2n) is 4.50. The van der Waals surface area contributed by atoms with Crippen LogP contribution in [0.5, 0.6) is 11.5 Å². The van der Waals surface area contributed by atoms with Crippen LogP contribution in [0.25, 0.3) is 0 Å². The number of methoxy groups -OCH3 is 1. The van der Waals surface area contributed by atoms with Crippen molar-refractivity contribution in [3.63, 3.8) is 0 Å². The van der Waals surface area contributed by atoms with Crippen LogP contribution in [0.3, 0.4) is 0 Å². The Morgan fingerprint density at radius 2 is 1.92 bits per heavy atom. The van der Waals surface area contributed by atoms with E-state index in [0.29, 0.717) is 5.56 Å². The Bertz CT molecular complexity index is 852. The predicted octanol–water partition coefficient (Wildman–Crippen LogP) is 1.63. The third kappa shape index (κ3) is 4.67. The molecule has 9 heteroatoms. The standard InChI is InChI=1S/C15H15N3O4S2/c1-21-14-9-11(10-17-18-15(16)23)7-8-13(14)22-24(19,20)12-5-3-2-4-6-12/h2-10H,1H3,(H3,16,18,23)/b17-10-. The molecule has 2 aromatic rings. The average molecular weight is 365 g/mol. The molecule has 0 spiro atoms. The van der Waals surface area contributed by atoms with Crippen molar-refractivity contribution in [1.29, 1.82) is 0 Å². The van der Waals surface area contributed by atoms with Crippen LogP contribution in [0, 0.1) is 0 Å². The van der Waals surface area contributed by atoms with Crippen LogP contribution in [0.15, 0.2) is 58.5 Å². The molecule has 0 unspecified atom stereocenters. The molecular formula is C15H15N3O4S2. The monoisotopic (exact) mass is 365 g/mol. The van der Waals surface area contributed by atoms with Crippen LogP contribution in [0.1, 0.15) is 5.56 Å². The van der Waals surface area contributed by atoms with Crippen molar-refractivity contribution >= 4 is 33.7 Å². The number of hydrogen-bond acceptors (Lipinski definition) is 6. The molecule has 0 aliphatic rings. The molecule has 0 saturated heterocycles. The highest BCUT2D eigenvalue weighted by Crippen LogP contribution is 2.30. The fourth-order valence-electron chi connectivity index (χ4n) is 1.76. The molecule has 0 aliphatic carbocycles. The van der Waals surface area contributed by atoms with Gasteiger partial charge in [0.15, 0.2) is 16.6 Å². The number of nitrogens with zero attached hydrogens (tertiary/aromatic N) is 1. The lowest BCUT2D eigenvalue weighted by atomic mass is 10.2. The summed E-state index contributed by atoms with van der Waals surface area (Å²) in [7, 11) is -2.54. The summed E-state index contributed by atoms with van der Waals surface area (Å²) in [5, 5.41) is 3.85. The molecule has 0 heterocycles. The van der Waals surface area contributed by atoms with Crippen LogP contribution in [-0.4, -0.2) is 26.9 Å². The Balaban J connectivity index is 2.25. The molecule has 0 aromatic heterocycles. The van der Waals surface area contributed by atoms with Gasteiger partial charge in [-0.3, -0.25) is 5.43 Å². The number of benzene rings is 2. The van der Waals surface area contributed by atoms with Gasteiger partial charge in [0.1, 0.15) is 4.90 Å². The molecule has 7 nitrogen and oxygen atoms in total. The van der Waals surface area contributed by atoms with Crippen molar-refractivity contribution in [2.75, 3.05) is 7.11 Å². The molecule has 0 bridgehead atoms. The van der Waals surface area contributed by atoms with Gasteiger partial charge in [0.2, 0.25) is 0 Å². The largest absolute Gasteiger partial charge is 0.493 e. The molecule has 126 valence electrons. The summed E-state index contributed by atoms with van der Waals surface area (Å²) in [6, 6.07) is 12.5. The van der Waals surface area contributed by atoms with E-state index in [1.165, 1.54) is 31.5 Å². The summed E-state index contributed by atoms with van der Waals surface area (Å²) in [6.07, 6.45) is 1.46. The Morgan fingerprint density at radius 3 is 2.54 bits per heavy atom. The third-order valence-corrected chi connectivity index (χ3v) is 4.15. The number of nitrogens with two attached hydrogens (primary N) is 1. The molecule has 0 atom stereocenters. The van der Waals surface area contributed by atoms with E-state index in [9.17, 15) is 8.42 Å². The van der Waals surface area contributed by atoms with Crippen molar-refractivity contribution in [1.82, 2.24) is 5.43 Å². The van der Waals surface area contributed by atoms with Crippen molar-refractivity contribution in [2.24, 2.45) is 10.8 Å². The molecule has 0 saturated carbocycles. The minimum Gasteiger partial charge on any atom is -0.493 e. The second-order valence-corrected chi connectivity index (χ2v) is 6.48. The third-order valence-electron chi connectivity index (χ3n) is 2.81. The lowest BCUT2D eigenvalue weighted by molar-refractivity contribution is 0.390. The maximum atomic E-state index is 12.3. The van der Waals surface area contributed by atoms with Gasteiger partial charge in [-0.15, -0.1) is 0 Å². The van der Waals surface area contributed by atoms with E-state index in [4.69, 9.17) is 14.7 Å². The first-order valence-corrected chi connectivity index (χ1v) is 8.50.